The van der Waals surface area contributed by atoms with Crippen molar-refractivity contribution in [2.75, 3.05) is 5.33 Å². The molecule has 1 amide bonds. The molecule has 0 aliphatic carbocycles. The van der Waals surface area contributed by atoms with Gasteiger partial charge in [0.15, 0.2) is 0 Å². The van der Waals surface area contributed by atoms with Crippen LogP contribution in [0.4, 0.5) is 0 Å². The van der Waals surface area contributed by atoms with Crippen molar-refractivity contribution < 1.29 is 4.79 Å². The summed E-state index contributed by atoms with van der Waals surface area (Å²) in [5.74, 6) is -0.0641. The Morgan fingerprint density at radius 2 is 1.86 bits per heavy atom. The first-order chi connectivity index (χ1) is 9.96. The molecule has 2 aromatic carbocycles. The molecule has 0 spiro atoms. The zero-order valence-electron chi connectivity index (χ0n) is 12.0. The smallest absolute Gasteiger partial charge is 0.252 e. The molecular formula is C17H17Br2NO. The standard InChI is InChI=1S/C17H17Br2NO/c1-12-10-14(19)8-9-15(12)16(21)20-17(2,11-18)13-6-4-3-5-7-13/h3-10H,11H2,1-2H3,(H,20,21). The van der Waals surface area contributed by atoms with E-state index < -0.39 is 5.54 Å². The molecule has 1 unspecified atom stereocenters. The maximum Gasteiger partial charge on any atom is 0.252 e. The third kappa shape index (κ3) is 3.74. The minimum atomic E-state index is -0.447. The van der Waals surface area contributed by atoms with E-state index in [1.807, 2.05) is 62.4 Å². The molecule has 2 aromatic rings. The second kappa shape index (κ2) is 6.75. The molecule has 0 saturated carbocycles. The highest BCUT2D eigenvalue weighted by Crippen LogP contribution is 2.24. The van der Waals surface area contributed by atoms with Crippen LogP contribution in [0.1, 0.15) is 28.4 Å². The molecule has 0 aliphatic heterocycles. The van der Waals surface area contributed by atoms with Gasteiger partial charge in [0.25, 0.3) is 5.91 Å². The SMILES string of the molecule is Cc1cc(Br)ccc1C(=O)NC(C)(CBr)c1ccccc1. The first-order valence-corrected chi connectivity index (χ1v) is 8.58. The molecule has 0 aliphatic rings. The summed E-state index contributed by atoms with van der Waals surface area (Å²) in [5, 5.41) is 3.78. The summed E-state index contributed by atoms with van der Waals surface area (Å²) < 4.78 is 0.975. The average molecular weight is 411 g/mol. The summed E-state index contributed by atoms with van der Waals surface area (Å²) in [6.07, 6.45) is 0. The van der Waals surface area contributed by atoms with Gasteiger partial charge >= 0.3 is 0 Å². The van der Waals surface area contributed by atoms with Crippen molar-refractivity contribution in [3.05, 3.63) is 69.7 Å². The molecule has 2 nitrogen and oxygen atoms in total. The van der Waals surface area contributed by atoms with Gasteiger partial charge in [0.2, 0.25) is 0 Å². The summed E-state index contributed by atoms with van der Waals surface area (Å²) in [6, 6.07) is 15.7. The summed E-state index contributed by atoms with van der Waals surface area (Å²) >= 11 is 6.94. The lowest BCUT2D eigenvalue weighted by Gasteiger charge is -2.29. The number of carbonyl (C=O) groups is 1. The molecule has 1 N–H and O–H groups in total. The lowest BCUT2D eigenvalue weighted by atomic mass is 9.93. The minimum Gasteiger partial charge on any atom is -0.342 e. The Labute approximate surface area is 142 Å². The van der Waals surface area contributed by atoms with Gasteiger partial charge in [-0.25, -0.2) is 0 Å². The Morgan fingerprint density at radius 3 is 2.43 bits per heavy atom. The number of halogens is 2. The molecule has 110 valence electrons. The quantitative estimate of drug-likeness (QED) is 0.720. The van der Waals surface area contributed by atoms with E-state index in [0.717, 1.165) is 15.6 Å². The fraction of sp³-hybridized carbons (Fsp3) is 0.235. The van der Waals surface area contributed by atoms with Gasteiger partial charge in [-0.05, 0) is 43.2 Å². The van der Waals surface area contributed by atoms with E-state index in [0.29, 0.717) is 10.9 Å². The monoisotopic (exact) mass is 409 g/mol. The Kier molecular flexibility index (Phi) is 5.22. The second-order valence-corrected chi connectivity index (χ2v) is 6.72. The van der Waals surface area contributed by atoms with Crippen molar-refractivity contribution in [1.29, 1.82) is 0 Å². The van der Waals surface area contributed by atoms with Crippen LogP contribution < -0.4 is 5.32 Å². The van der Waals surface area contributed by atoms with Crippen LogP contribution in [0.5, 0.6) is 0 Å². The fourth-order valence-electron chi connectivity index (χ4n) is 2.19. The molecule has 0 bridgehead atoms. The van der Waals surface area contributed by atoms with Gasteiger partial charge in [-0.15, -0.1) is 0 Å². The summed E-state index contributed by atoms with van der Waals surface area (Å²) in [4.78, 5) is 12.6. The largest absolute Gasteiger partial charge is 0.342 e. The van der Waals surface area contributed by atoms with Gasteiger partial charge in [-0.1, -0.05) is 62.2 Å². The molecule has 2 rings (SSSR count). The van der Waals surface area contributed by atoms with Gasteiger partial charge in [0.05, 0.1) is 5.54 Å². The van der Waals surface area contributed by atoms with Gasteiger partial charge in [0.1, 0.15) is 0 Å². The van der Waals surface area contributed by atoms with Crippen molar-refractivity contribution in [3.8, 4) is 0 Å². The van der Waals surface area contributed by atoms with Crippen LogP contribution in [0.15, 0.2) is 53.0 Å². The van der Waals surface area contributed by atoms with Gasteiger partial charge in [-0.3, -0.25) is 4.79 Å². The summed E-state index contributed by atoms with van der Waals surface area (Å²) in [5.41, 5.74) is 2.27. The Bertz CT molecular complexity index is 642. The van der Waals surface area contributed by atoms with Crippen molar-refractivity contribution in [2.24, 2.45) is 0 Å². The predicted octanol–water partition coefficient (Wildman–Crippen LogP) is 4.80. The van der Waals surface area contributed by atoms with E-state index >= 15 is 0 Å². The van der Waals surface area contributed by atoms with Crippen LogP contribution >= 0.6 is 31.9 Å². The van der Waals surface area contributed by atoms with E-state index in [-0.39, 0.29) is 5.91 Å². The number of benzene rings is 2. The number of nitrogens with one attached hydrogen (secondary N) is 1. The molecule has 0 saturated heterocycles. The maximum atomic E-state index is 12.6. The van der Waals surface area contributed by atoms with E-state index in [9.17, 15) is 4.79 Å². The Balaban J connectivity index is 2.28. The Morgan fingerprint density at radius 1 is 1.19 bits per heavy atom. The number of amides is 1. The van der Waals surface area contributed by atoms with Crippen LogP contribution in [-0.4, -0.2) is 11.2 Å². The molecular weight excluding hydrogens is 394 g/mol. The number of carbonyl (C=O) groups excluding carboxylic acids is 1. The first kappa shape index (κ1) is 16.2. The van der Waals surface area contributed by atoms with Crippen molar-refractivity contribution in [1.82, 2.24) is 5.32 Å². The third-order valence-electron chi connectivity index (χ3n) is 3.50. The number of hydrogen-bond acceptors (Lipinski definition) is 1. The molecule has 1 atom stereocenters. The van der Waals surface area contributed by atoms with Crippen LogP contribution in [0.2, 0.25) is 0 Å². The topological polar surface area (TPSA) is 29.1 Å². The number of rotatable bonds is 4. The molecule has 0 aromatic heterocycles. The lowest BCUT2D eigenvalue weighted by molar-refractivity contribution is 0.0913. The molecule has 4 heteroatoms. The van der Waals surface area contributed by atoms with Gasteiger partial charge < -0.3 is 5.32 Å². The number of hydrogen-bond donors (Lipinski definition) is 1. The number of aryl methyl sites for hydroxylation is 1. The van der Waals surface area contributed by atoms with Crippen molar-refractivity contribution in [2.45, 2.75) is 19.4 Å². The number of alkyl halides is 1. The van der Waals surface area contributed by atoms with Gasteiger partial charge in [0, 0.05) is 15.4 Å². The minimum absolute atomic E-state index is 0.0641. The first-order valence-electron chi connectivity index (χ1n) is 6.66. The van der Waals surface area contributed by atoms with E-state index in [2.05, 4.69) is 37.2 Å². The van der Waals surface area contributed by atoms with Crippen molar-refractivity contribution >= 4 is 37.8 Å². The maximum absolute atomic E-state index is 12.6. The highest BCUT2D eigenvalue weighted by Gasteiger charge is 2.28. The lowest BCUT2D eigenvalue weighted by Crippen LogP contribution is -2.45. The third-order valence-corrected chi connectivity index (χ3v) is 5.12. The van der Waals surface area contributed by atoms with E-state index in [1.165, 1.54) is 0 Å². The fourth-order valence-corrected chi connectivity index (χ4v) is 3.13. The summed E-state index contributed by atoms with van der Waals surface area (Å²) in [7, 11) is 0. The summed E-state index contributed by atoms with van der Waals surface area (Å²) in [6.45, 7) is 3.96. The molecule has 0 heterocycles. The zero-order chi connectivity index (χ0) is 15.5. The molecule has 21 heavy (non-hydrogen) atoms. The van der Waals surface area contributed by atoms with Crippen LogP contribution in [0.25, 0.3) is 0 Å². The average Bonchev–Trinajstić information content (AvgIpc) is 2.47. The zero-order valence-corrected chi connectivity index (χ0v) is 15.2. The van der Waals surface area contributed by atoms with Crippen LogP contribution in [0, 0.1) is 6.92 Å². The molecule has 0 radical (unpaired) electrons. The van der Waals surface area contributed by atoms with Crippen LogP contribution in [0.3, 0.4) is 0 Å². The normalized spacial score (nSPS) is 13.5. The van der Waals surface area contributed by atoms with E-state index in [1.54, 1.807) is 0 Å². The van der Waals surface area contributed by atoms with Crippen molar-refractivity contribution in [3.63, 3.8) is 0 Å². The second-order valence-electron chi connectivity index (χ2n) is 5.25. The van der Waals surface area contributed by atoms with E-state index in [4.69, 9.17) is 0 Å². The highest BCUT2D eigenvalue weighted by atomic mass is 79.9. The van der Waals surface area contributed by atoms with Crippen LogP contribution in [-0.2, 0) is 5.54 Å². The Hall–Kier alpha value is -1.13. The molecule has 0 fully saturated rings. The predicted molar refractivity (Wildman–Crippen MR) is 93.9 cm³/mol. The van der Waals surface area contributed by atoms with Gasteiger partial charge in [-0.2, -0.15) is 0 Å². The highest BCUT2D eigenvalue weighted by molar-refractivity contribution is 9.10.